The Kier molecular flexibility index (Phi) is 5.34. The summed E-state index contributed by atoms with van der Waals surface area (Å²) in [6, 6.07) is 0. The van der Waals surface area contributed by atoms with Gasteiger partial charge in [-0.15, -0.1) is 11.3 Å². The average Bonchev–Trinajstić information content (AvgIpc) is 2.91. The Labute approximate surface area is 168 Å². The molecule has 1 fully saturated rings. The number of hydrogen-bond acceptors (Lipinski definition) is 5. The van der Waals surface area contributed by atoms with Crippen molar-refractivity contribution >= 4 is 39.2 Å². The van der Waals surface area contributed by atoms with E-state index in [2.05, 4.69) is 20.8 Å². The summed E-state index contributed by atoms with van der Waals surface area (Å²) in [5.74, 6) is 1.53. The van der Waals surface area contributed by atoms with E-state index in [1.54, 1.807) is 11.3 Å². The maximum atomic E-state index is 13.4. The summed E-state index contributed by atoms with van der Waals surface area (Å²) in [5.41, 5.74) is 1.32. The highest BCUT2D eigenvalue weighted by atomic mass is 32.2. The molecule has 1 aliphatic heterocycles. The van der Waals surface area contributed by atoms with Crippen LogP contribution in [0.1, 0.15) is 44.1 Å². The smallest absolute Gasteiger partial charge is 0.263 e. The molecule has 1 saturated heterocycles. The number of rotatable bonds is 5. The van der Waals surface area contributed by atoms with Gasteiger partial charge >= 0.3 is 0 Å². The predicted molar refractivity (Wildman–Crippen MR) is 112 cm³/mol. The fraction of sp³-hybridized carbons (Fsp3) is 0.650. The first-order chi connectivity index (χ1) is 12.9. The number of carbonyl (C=O) groups excluding carboxylic acids is 1. The highest BCUT2D eigenvalue weighted by Gasteiger charge is 2.26. The van der Waals surface area contributed by atoms with Crippen molar-refractivity contribution in [2.45, 2.75) is 58.2 Å². The monoisotopic (exact) mass is 405 g/mol. The van der Waals surface area contributed by atoms with Gasteiger partial charge in [0.2, 0.25) is 5.91 Å². The van der Waals surface area contributed by atoms with E-state index in [4.69, 9.17) is 4.98 Å². The van der Waals surface area contributed by atoms with Crippen LogP contribution >= 0.6 is 23.1 Å². The fourth-order valence-corrected chi connectivity index (χ4v) is 6.16. The average molecular weight is 406 g/mol. The molecule has 0 aromatic carbocycles. The molecule has 2 aliphatic rings. The lowest BCUT2D eigenvalue weighted by Gasteiger charge is -2.30. The quantitative estimate of drug-likeness (QED) is 0.564. The van der Waals surface area contributed by atoms with E-state index < -0.39 is 0 Å². The third-order valence-corrected chi connectivity index (χ3v) is 7.57. The first kappa shape index (κ1) is 19.0. The van der Waals surface area contributed by atoms with Crippen molar-refractivity contribution in [2.75, 3.05) is 18.8 Å². The summed E-state index contributed by atoms with van der Waals surface area (Å²) >= 11 is 3.10. The number of aromatic nitrogens is 2. The molecule has 1 atom stereocenters. The molecule has 2 aromatic heterocycles. The number of fused-ring (bicyclic) bond motifs is 3. The fourth-order valence-electron chi connectivity index (χ4n) is 3.82. The van der Waals surface area contributed by atoms with Crippen LogP contribution in [-0.4, -0.2) is 39.2 Å². The van der Waals surface area contributed by atoms with Gasteiger partial charge in [0.05, 0.1) is 11.1 Å². The first-order valence-corrected chi connectivity index (χ1v) is 11.7. The van der Waals surface area contributed by atoms with E-state index in [9.17, 15) is 9.59 Å². The normalized spacial score (nSPS) is 19.4. The molecule has 7 heteroatoms. The lowest BCUT2D eigenvalue weighted by atomic mass is 9.89. The van der Waals surface area contributed by atoms with E-state index >= 15 is 0 Å². The SMILES string of the molecule is CC(C)Cn1c(SCC(=O)N2CCC2)nc2sc3c(c2c1=O)CCC(C)C3. The summed E-state index contributed by atoms with van der Waals surface area (Å²) in [4.78, 5) is 34.6. The molecule has 0 spiro atoms. The van der Waals surface area contributed by atoms with E-state index in [0.29, 0.717) is 29.3 Å². The minimum Gasteiger partial charge on any atom is -0.342 e. The third-order valence-electron chi connectivity index (χ3n) is 5.46. The van der Waals surface area contributed by atoms with Crippen molar-refractivity contribution in [3.8, 4) is 0 Å². The Morgan fingerprint density at radius 2 is 2.15 bits per heavy atom. The Bertz CT molecular complexity index is 927. The lowest BCUT2D eigenvalue weighted by molar-refractivity contribution is -0.131. The minimum absolute atomic E-state index is 0.0830. The Hall–Kier alpha value is -1.34. The molecule has 2 aromatic rings. The number of thioether (sulfide) groups is 1. The Morgan fingerprint density at radius 3 is 2.81 bits per heavy atom. The molecular formula is C20H27N3O2S2. The van der Waals surface area contributed by atoms with Gasteiger partial charge in [-0.05, 0) is 43.1 Å². The van der Waals surface area contributed by atoms with Gasteiger partial charge in [0.25, 0.3) is 5.56 Å². The van der Waals surface area contributed by atoms with Crippen molar-refractivity contribution in [1.82, 2.24) is 14.5 Å². The van der Waals surface area contributed by atoms with Crippen LogP contribution in [0, 0.1) is 11.8 Å². The Morgan fingerprint density at radius 1 is 1.37 bits per heavy atom. The van der Waals surface area contributed by atoms with Crippen LogP contribution in [0.25, 0.3) is 10.2 Å². The van der Waals surface area contributed by atoms with Gasteiger partial charge in [0, 0.05) is 24.5 Å². The summed E-state index contributed by atoms with van der Waals surface area (Å²) in [5, 5.41) is 1.53. The first-order valence-electron chi connectivity index (χ1n) is 9.89. The van der Waals surface area contributed by atoms with Gasteiger partial charge in [-0.25, -0.2) is 4.98 Å². The number of likely N-dealkylation sites (tertiary alicyclic amines) is 1. The molecule has 146 valence electrons. The molecule has 4 rings (SSSR count). The molecule has 0 N–H and O–H groups in total. The zero-order valence-corrected chi connectivity index (χ0v) is 17.9. The van der Waals surface area contributed by atoms with Crippen molar-refractivity contribution < 1.29 is 4.79 Å². The van der Waals surface area contributed by atoms with E-state index in [-0.39, 0.29) is 11.5 Å². The van der Waals surface area contributed by atoms with E-state index in [0.717, 1.165) is 49.0 Å². The lowest BCUT2D eigenvalue weighted by Crippen LogP contribution is -2.43. The van der Waals surface area contributed by atoms with Gasteiger partial charge in [0.1, 0.15) is 4.83 Å². The molecule has 0 radical (unpaired) electrons. The molecule has 0 saturated carbocycles. The van der Waals surface area contributed by atoms with Gasteiger partial charge in [-0.2, -0.15) is 0 Å². The van der Waals surface area contributed by atoms with Crippen LogP contribution in [0.5, 0.6) is 0 Å². The van der Waals surface area contributed by atoms with Crippen LogP contribution < -0.4 is 5.56 Å². The zero-order valence-electron chi connectivity index (χ0n) is 16.3. The van der Waals surface area contributed by atoms with Gasteiger partial charge in [0.15, 0.2) is 5.16 Å². The van der Waals surface area contributed by atoms with Crippen LogP contribution in [0.2, 0.25) is 0 Å². The third kappa shape index (κ3) is 3.68. The van der Waals surface area contributed by atoms with Crippen LogP contribution in [0.15, 0.2) is 9.95 Å². The summed E-state index contributed by atoms with van der Waals surface area (Å²) in [7, 11) is 0. The number of nitrogens with zero attached hydrogens (tertiary/aromatic N) is 3. The largest absolute Gasteiger partial charge is 0.342 e. The Balaban J connectivity index is 1.72. The number of carbonyl (C=O) groups is 1. The molecule has 1 aliphatic carbocycles. The second-order valence-electron chi connectivity index (χ2n) is 8.26. The summed E-state index contributed by atoms with van der Waals surface area (Å²) in [6.07, 6.45) is 4.27. The molecule has 27 heavy (non-hydrogen) atoms. The zero-order chi connectivity index (χ0) is 19.1. The second-order valence-corrected chi connectivity index (χ2v) is 10.3. The maximum Gasteiger partial charge on any atom is 0.263 e. The van der Waals surface area contributed by atoms with Crippen LogP contribution in [0.3, 0.4) is 0 Å². The maximum absolute atomic E-state index is 13.4. The summed E-state index contributed by atoms with van der Waals surface area (Å²) < 4.78 is 1.81. The second kappa shape index (κ2) is 7.59. The van der Waals surface area contributed by atoms with E-state index in [1.165, 1.54) is 22.2 Å². The molecule has 5 nitrogen and oxygen atoms in total. The topological polar surface area (TPSA) is 55.2 Å². The van der Waals surface area contributed by atoms with E-state index in [1.807, 2.05) is 9.47 Å². The molecule has 1 unspecified atom stereocenters. The van der Waals surface area contributed by atoms with Gasteiger partial charge in [-0.3, -0.25) is 14.2 Å². The van der Waals surface area contributed by atoms with Crippen molar-refractivity contribution in [2.24, 2.45) is 11.8 Å². The summed E-state index contributed by atoms with van der Waals surface area (Å²) in [6.45, 7) is 8.87. The minimum atomic E-state index is 0.0830. The molecule has 1 amide bonds. The number of aryl methyl sites for hydroxylation is 1. The number of amides is 1. The molecule has 0 bridgehead atoms. The van der Waals surface area contributed by atoms with Gasteiger partial charge in [-0.1, -0.05) is 32.5 Å². The van der Waals surface area contributed by atoms with Crippen molar-refractivity contribution in [3.05, 3.63) is 20.8 Å². The van der Waals surface area contributed by atoms with Crippen LogP contribution in [-0.2, 0) is 24.2 Å². The molecular weight excluding hydrogens is 378 g/mol. The predicted octanol–water partition coefficient (Wildman–Crippen LogP) is 3.56. The van der Waals surface area contributed by atoms with Gasteiger partial charge < -0.3 is 4.90 Å². The number of thiophene rings is 1. The van der Waals surface area contributed by atoms with Crippen molar-refractivity contribution in [1.29, 1.82) is 0 Å². The molecule has 3 heterocycles. The standard InChI is InChI=1S/C20H27N3O2S2/c1-12(2)10-23-19(25)17-14-6-5-13(3)9-15(14)27-18(17)21-20(23)26-11-16(24)22-7-4-8-22/h12-13H,4-11H2,1-3H3. The van der Waals surface area contributed by atoms with Crippen molar-refractivity contribution in [3.63, 3.8) is 0 Å². The highest BCUT2D eigenvalue weighted by Crippen LogP contribution is 2.36. The van der Waals surface area contributed by atoms with Crippen LogP contribution in [0.4, 0.5) is 0 Å². The highest BCUT2D eigenvalue weighted by molar-refractivity contribution is 7.99. The number of hydrogen-bond donors (Lipinski definition) is 0.